The fraction of sp³-hybridized carbons (Fsp3) is 0.188. The van der Waals surface area contributed by atoms with Crippen molar-refractivity contribution in [3.8, 4) is 0 Å². The predicted molar refractivity (Wildman–Crippen MR) is 82.6 cm³/mol. The average molecular weight is 287 g/mol. The SMILES string of the molecule is Cc1ccc(C(C)NC(=O)Nc2ccc(N)cc2)cc1F. The van der Waals surface area contributed by atoms with E-state index < -0.39 is 0 Å². The molecule has 0 aliphatic carbocycles. The van der Waals surface area contributed by atoms with E-state index in [-0.39, 0.29) is 17.9 Å². The number of benzene rings is 2. The van der Waals surface area contributed by atoms with E-state index in [1.807, 2.05) is 0 Å². The molecule has 0 radical (unpaired) electrons. The van der Waals surface area contributed by atoms with Gasteiger partial charge in [-0.05, 0) is 55.3 Å². The maximum absolute atomic E-state index is 13.5. The Hall–Kier alpha value is -2.56. The number of aryl methyl sites for hydroxylation is 1. The van der Waals surface area contributed by atoms with E-state index in [2.05, 4.69) is 10.6 Å². The minimum atomic E-state index is -0.353. The van der Waals surface area contributed by atoms with Gasteiger partial charge in [0.05, 0.1) is 6.04 Å². The minimum absolute atomic E-state index is 0.278. The van der Waals surface area contributed by atoms with Gasteiger partial charge in [0, 0.05) is 11.4 Å². The zero-order valence-electron chi connectivity index (χ0n) is 12.0. The van der Waals surface area contributed by atoms with Crippen molar-refractivity contribution in [1.82, 2.24) is 5.32 Å². The lowest BCUT2D eigenvalue weighted by Crippen LogP contribution is -2.31. The number of rotatable bonds is 3. The first-order chi connectivity index (χ1) is 9.95. The number of hydrogen-bond donors (Lipinski definition) is 3. The molecule has 2 aromatic rings. The number of carbonyl (C=O) groups excluding carboxylic acids is 1. The van der Waals surface area contributed by atoms with Crippen LogP contribution < -0.4 is 16.4 Å². The van der Waals surface area contributed by atoms with Crippen LogP contribution in [0.1, 0.15) is 24.1 Å². The summed E-state index contributed by atoms with van der Waals surface area (Å²) in [4.78, 5) is 11.9. The van der Waals surface area contributed by atoms with Crippen molar-refractivity contribution in [2.75, 3.05) is 11.1 Å². The lowest BCUT2D eigenvalue weighted by Gasteiger charge is -2.15. The van der Waals surface area contributed by atoms with Crippen molar-refractivity contribution in [1.29, 1.82) is 0 Å². The van der Waals surface area contributed by atoms with Gasteiger partial charge in [0.2, 0.25) is 0 Å². The minimum Gasteiger partial charge on any atom is -0.399 e. The van der Waals surface area contributed by atoms with Crippen molar-refractivity contribution in [3.05, 3.63) is 59.4 Å². The highest BCUT2D eigenvalue weighted by molar-refractivity contribution is 5.89. The summed E-state index contributed by atoms with van der Waals surface area (Å²) >= 11 is 0. The maximum Gasteiger partial charge on any atom is 0.319 e. The van der Waals surface area contributed by atoms with Crippen LogP contribution in [-0.2, 0) is 0 Å². The summed E-state index contributed by atoms with van der Waals surface area (Å²) in [5.41, 5.74) is 8.14. The van der Waals surface area contributed by atoms with Crippen LogP contribution in [0.5, 0.6) is 0 Å². The number of nitrogen functional groups attached to an aromatic ring is 1. The topological polar surface area (TPSA) is 67.2 Å². The van der Waals surface area contributed by atoms with E-state index in [4.69, 9.17) is 5.73 Å². The summed E-state index contributed by atoms with van der Waals surface area (Å²) in [6.45, 7) is 3.50. The van der Waals surface area contributed by atoms with Crippen molar-refractivity contribution in [2.24, 2.45) is 0 Å². The van der Waals surface area contributed by atoms with Gasteiger partial charge in [0.25, 0.3) is 0 Å². The molecule has 0 aromatic heterocycles. The van der Waals surface area contributed by atoms with E-state index in [9.17, 15) is 9.18 Å². The van der Waals surface area contributed by atoms with E-state index in [1.54, 1.807) is 50.2 Å². The molecule has 0 bridgehead atoms. The Kier molecular flexibility index (Phi) is 4.42. The molecule has 2 aromatic carbocycles. The molecule has 0 saturated carbocycles. The number of halogens is 1. The van der Waals surface area contributed by atoms with Gasteiger partial charge >= 0.3 is 6.03 Å². The predicted octanol–water partition coefficient (Wildman–Crippen LogP) is 3.60. The molecule has 4 nitrogen and oxygen atoms in total. The van der Waals surface area contributed by atoms with Crippen LogP contribution >= 0.6 is 0 Å². The first kappa shape index (κ1) is 14.8. The molecule has 4 N–H and O–H groups in total. The molecule has 0 fully saturated rings. The summed E-state index contributed by atoms with van der Waals surface area (Å²) < 4.78 is 13.5. The summed E-state index contributed by atoms with van der Waals surface area (Å²) in [5, 5.41) is 5.45. The van der Waals surface area contributed by atoms with Gasteiger partial charge in [-0.1, -0.05) is 12.1 Å². The number of urea groups is 1. The molecule has 110 valence electrons. The number of amides is 2. The Labute approximate surface area is 123 Å². The average Bonchev–Trinajstić information content (AvgIpc) is 2.44. The van der Waals surface area contributed by atoms with Crippen molar-refractivity contribution in [3.63, 3.8) is 0 Å². The molecule has 5 heteroatoms. The number of hydrogen-bond acceptors (Lipinski definition) is 2. The molecule has 2 amide bonds. The number of nitrogens with two attached hydrogens (primary N) is 1. The Morgan fingerprint density at radius 3 is 2.48 bits per heavy atom. The Morgan fingerprint density at radius 1 is 1.19 bits per heavy atom. The fourth-order valence-corrected chi connectivity index (χ4v) is 1.89. The Bertz CT molecular complexity index is 640. The summed E-state index contributed by atoms with van der Waals surface area (Å²) in [7, 11) is 0. The zero-order chi connectivity index (χ0) is 15.4. The summed E-state index contributed by atoms with van der Waals surface area (Å²) in [6, 6.07) is 11.1. The smallest absolute Gasteiger partial charge is 0.319 e. The van der Waals surface area contributed by atoms with E-state index >= 15 is 0 Å². The van der Waals surface area contributed by atoms with Crippen LogP contribution in [-0.4, -0.2) is 6.03 Å². The second-order valence-corrected chi connectivity index (χ2v) is 4.95. The van der Waals surface area contributed by atoms with Crippen LogP contribution in [0.4, 0.5) is 20.6 Å². The highest BCUT2D eigenvalue weighted by Gasteiger charge is 2.11. The Balaban J connectivity index is 1.98. The van der Waals surface area contributed by atoms with E-state index in [0.717, 1.165) is 0 Å². The van der Waals surface area contributed by atoms with Crippen molar-refractivity contribution in [2.45, 2.75) is 19.9 Å². The molecule has 1 unspecified atom stereocenters. The Morgan fingerprint density at radius 2 is 1.86 bits per heavy atom. The highest BCUT2D eigenvalue weighted by atomic mass is 19.1. The number of anilines is 2. The second-order valence-electron chi connectivity index (χ2n) is 4.95. The molecule has 0 heterocycles. The molecule has 0 saturated heterocycles. The van der Waals surface area contributed by atoms with Gasteiger partial charge in [-0.2, -0.15) is 0 Å². The molecule has 0 aliphatic heterocycles. The van der Waals surface area contributed by atoms with E-state index in [0.29, 0.717) is 22.5 Å². The normalized spacial score (nSPS) is 11.8. The standard InChI is InChI=1S/C16H18FN3O/c1-10-3-4-12(9-15(10)17)11(2)19-16(21)20-14-7-5-13(18)6-8-14/h3-9,11H,18H2,1-2H3,(H2,19,20,21). The van der Waals surface area contributed by atoms with Gasteiger partial charge in [-0.3, -0.25) is 0 Å². The maximum atomic E-state index is 13.5. The van der Waals surface area contributed by atoms with Crippen LogP contribution in [0.15, 0.2) is 42.5 Å². The monoisotopic (exact) mass is 287 g/mol. The summed E-state index contributed by atoms with van der Waals surface area (Å²) in [6.07, 6.45) is 0. The van der Waals surface area contributed by atoms with Gasteiger partial charge in [0.1, 0.15) is 5.82 Å². The molecule has 0 spiro atoms. The third kappa shape index (κ3) is 3.95. The van der Waals surface area contributed by atoms with Crippen LogP contribution in [0.25, 0.3) is 0 Å². The van der Waals surface area contributed by atoms with Crippen molar-refractivity contribution >= 4 is 17.4 Å². The first-order valence-corrected chi connectivity index (χ1v) is 6.65. The zero-order valence-corrected chi connectivity index (χ0v) is 12.0. The van der Waals surface area contributed by atoms with Gasteiger partial charge in [0.15, 0.2) is 0 Å². The van der Waals surface area contributed by atoms with Crippen LogP contribution in [0, 0.1) is 12.7 Å². The second kappa shape index (κ2) is 6.26. The molecule has 0 aliphatic rings. The molecule has 21 heavy (non-hydrogen) atoms. The van der Waals surface area contributed by atoms with Gasteiger partial charge in [-0.25, -0.2) is 9.18 Å². The number of nitrogens with one attached hydrogen (secondary N) is 2. The van der Waals surface area contributed by atoms with Gasteiger partial charge in [-0.15, -0.1) is 0 Å². The fourth-order valence-electron chi connectivity index (χ4n) is 1.89. The van der Waals surface area contributed by atoms with Gasteiger partial charge < -0.3 is 16.4 Å². The van der Waals surface area contributed by atoms with E-state index in [1.165, 1.54) is 6.07 Å². The lowest BCUT2D eigenvalue weighted by atomic mass is 10.1. The van der Waals surface area contributed by atoms with Crippen LogP contribution in [0.2, 0.25) is 0 Å². The first-order valence-electron chi connectivity index (χ1n) is 6.65. The highest BCUT2D eigenvalue weighted by Crippen LogP contribution is 2.17. The molecule has 1 atom stereocenters. The third-order valence-corrected chi connectivity index (χ3v) is 3.21. The van der Waals surface area contributed by atoms with Crippen molar-refractivity contribution < 1.29 is 9.18 Å². The largest absolute Gasteiger partial charge is 0.399 e. The molecule has 2 rings (SSSR count). The molecular formula is C16H18FN3O. The third-order valence-electron chi connectivity index (χ3n) is 3.21. The quantitative estimate of drug-likeness (QED) is 0.755. The molecular weight excluding hydrogens is 269 g/mol. The van der Waals surface area contributed by atoms with Crippen LogP contribution in [0.3, 0.4) is 0 Å². The number of carbonyl (C=O) groups is 1. The lowest BCUT2D eigenvalue weighted by molar-refractivity contribution is 0.249. The summed E-state index contributed by atoms with van der Waals surface area (Å²) in [5.74, 6) is -0.278.